The first-order chi connectivity index (χ1) is 10.3. The molecule has 0 saturated heterocycles. The Bertz CT molecular complexity index is 425. The van der Waals surface area contributed by atoms with Gasteiger partial charge in [-0.1, -0.05) is 32.1 Å². The topological polar surface area (TPSA) is 50.4 Å². The first-order valence-electron chi connectivity index (χ1n) is 7.92. The number of hydrogen-bond donors (Lipinski definition) is 2. The van der Waals surface area contributed by atoms with Crippen LogP contribution in [-0.2, 0) is 4.79 Å². The third-order valence-electron chi connectivity index (χ3n) is 4.11. The van der Waals surface area contributed by atoms with Crippen molar-refractivity contribution >= 4 is 11.6 Å². The highest BCUT2D eigenvalue weighted by Gasteiger charge is 2.12. The van der Waals surface area contributed by atoms with Crippen molar-refractivity contribution in [3.63, 3.8) is 0 Å². The SMILES string of the molecule is COc1ccc(NC(=O)CNCCC2CCCCC2)cc1. The lowest BCUT2D eigenvalue weighted by Crippen LogP contribution is -2.29. The number of benzene rings is 1. The van der Waals surface area contributed by atoms with Crippen LogP contribution >= 0.6 is 0 Å². The molecule has 0 heterocycles. The Labute approximate surface area is 127 Å². The van der Waals surface area contributed by atoms with Crippen LogP contribution in [0, 0.1) is 5.92 Å². The number of carbonyl (C=O) groups is 1. The Balaban J connectivity index is 1.60. The Morgan fingerprint density at radius 2 is 1.90 bits per heavy atom. The summed E-state index contributed by atoms with van der Waals surface area (Å²) >= 11 is 0. The van der Waals surface area contributed by atoms with Crippen molar-refractivity contribution in [3.8, 4) is 5.75 Å². The Kier molecular flexibility index (Phi) is 6.54. The predicted octanol–water partition coefficient (Wildman–Crippen LogP) is 3.19. The van der Waals surface area contributed by atoms with Gasteiger partial charge in [0.25, 0.3) is 0 Å². The fourth-order valence-electron chi connectivity index (χ4n) is 2.86. The number of anilines is 1. The molecule has 2 rings (SSSR count). The lowest BCUT2D eigenvalue weighted by Gasteiger charge is -2.21. The Morgan fingerprint density at radius 3 is 2.57 bits per heavy atom. The van der Waals surface area contributed by atoms with E-state index < -0.39 is 0 Å². The average Bonchev–Trinajstić information content (AvgIpc) is 2.53. The smallest absolute Gasteiger partial charge is 0.238 e. The molecule has 1 aromatic carbocycles. The molecule has 1 aliphatic carbocycles. The van der Waals surface area contributed by atoms with Crippen molar-refractivity contribution in [1.29, 1.82) is 0 Å². The fraction of sp³-hybridized carbons (Fsp3) is 0.588. The molecule has 0 aliphatic heterocycles. The molecule has 0 radical (unpaired) electrons. The average molecular weight is 290 g/mol. The Hall–Kier alpha value is -1.55. The van der Waals surface area contributed by atoms with Crippen LogP contribution in [0.1, 0.15) is 38.5 Å². The maximum Gasteiger partial charge on any atom is 0.238 e. The second kappa shape index (κ2) is 8.67. The molecule has 2 N–H and O–H groups in total. The lowest BCUT2D eigenvalue weighted by molar-refractivity contribution is -0.115. The molecule has 0 atom stereocenters. The number of nitrogens with one attached hydrogen (secondary N) is 2. The minimum absolute atomic E-state index is 0.00353. The maximum atomic E-state index is 11.8. The molecule has 1 amide bonds. The Morgan fingerprint density at radius 1 is 1.19 bits per heavy atom. The van der Waals surface area contributed by atoms with Gasteiger partial charge < -0.3 is 15.4 Å². The molecule has 0 unspecified atom stereocenters. The summed E-state index contributed by atoms with van der Waals surface area (Å²) in [4.78, 5) is 11.8. The van der Waals surface area contributed by atoms with Gasteiger partial charge in [-0.3, -0.25) is 4.79 Å². The van der Waals surface area contributed by atoms with Crippen LogP contribution in [0.4, 0.5) is 5.69 Å². The van der Waals surface area contributed by atoms with Gasteiger partial charge in [-0.15, -0.1) is 0 Å². The highest BCUT2D eigenvalue weighted by atomic mass is 16.5. The van der Waals surface area contributed by atoms with Crippen LogP contribution in [0.2, 0.25) is 0 Å². The monoisotopic (exact) mass is 290 g/mol. The zero-order valence-corrected chi connectivity index (χ0v) is 12.9. The van der Waals surface area contributed by atoms with Crippen molar-refractivity contribution in [3.05, 3.63) is 24.3 Å². The minimum atomic E-state index is 0.00353. The number of rotatable bonds is 7. The van der Waals surface area contributed by atoms with Gasteiger partial charge in [0, 0.05) is 5.69 Å². The predicted molar refractivity (Wildman–Crippen MR) is 85.7 cm³/mol. The summed E-state index contributed by atoms with van der Waals surface area (Å²) < 4.78 is 5.09. The summed E-state index contributed by atoms with van der Waals surface area (Å²) in [5.41, 5.74) is 0.801. The third-order valence-corrected chi connectivity index (χ3v) is 4.11. The maximum absolute atomic E-state index is 11.8. The fourth-order valence-corrected chi connectivity index (χ4v) is 2.86. The highest BCUT2D eigenvalue weighted by molar-refractivity contribution is 5.92. The van der Waals surface area contributed by atoms with E-state index in [1.165, 1.54) is 38.5 Å². The van der Waals surface area contributed by atoms with Gasteiger partial charge in [-0.25, -0.2) is 0 Å². The molecule has 0 bridgehead atoms. The van der Waals surface area contributed by atoms with E-state index in [9.17, 15) is 4.79 Å². The molecule has 1 saturated carbocycles. The van der Waals surface area contributed by atoms with E-state index in [0.29, 0.717) is 6.54 Å². The molecule has 0 aromatic heterocycles. The highest BCUT2D eigenvalue weighted by Crippen LogP contribution is 2.25. The molecule has 1 fully saturated rings. The molecular formula is C17H26N2O2. The lowest BCUT2D eigenvalue weighted by atomic mass is 9.87. The number of ether oxygens (including phenoxy) is 1. The normalized spacial score (nSPS) is 15.7. The summed E-state index contributed by atoms with van der Waals surface area (Å²) in [7, 11) is 1.63. The second-order valence-corrected chi connectivity index (χ2v) is 5.75. The van der Waals surface area contributed by atoms with E-state index in [1.807, 2.05) is 24.3 Å². The van der Waals surface area contributed by atoms with Crippen LogP contribution in [0.15, 0.2) is 24.3 Å². The second-order valence-electron chi connectivity index (χ2n) is 5.75. The van der Waals surface area contributed by atoms with Gasteiger partial charge in [-0.05, 0) is 43.1 Å². The van der Waals surface area contributed by atoms with Crippen LogP contribution in [0.25, 0.3) is 0 Å². The molecule has 21 heavy (non-hydrogen) atoms. The molecule has 4 nitrogen and oxygen atoms in total. The number of hydrogen-bond acceptors (Lipinski definition) is 3. The van der Waals surface area contributed by atoms with Crippen LogP contribution < -0.4 is 15.4 Å². The van der Waals surface area contributed by atoms with E-state index in [0.717, 1.165) is 23.9 Å². The zero-order chi connectivity index (χ0) is 14.9. The number of methoxy groups -OCH3 is 1. The van der Waals surface area contributed by atoms with Gasteiger partial charge in [0.05, 0.1) is 13.7 Å². The van der Waals surface area contributed by atoms with Crippen molar-refractivity contribution in [2.75, 3.05) is 25.5 Å². The quantitative estimate of drug-likeness (QED) is 0.758. The van der Waals surface area contributed by atoms with Crippen LogP contribution in [0.5, 0.6) is 5.75 Å². The summed E-state index contributed by atoms with van der Waals surface area (Å²) in [5, 5.41) is 6.11. The van der Waals surface area contributed by atoms with Crippen molar-refractivity contribution in [2.24, 2.45) is 5.92 Å². The first-order valence-corrected chi connectivity index (χ1v) is 7.92. The summed E-state index contributed by atoms with van der Waals surface area (Å²) in [6.07, 6.45) is 8.06. The molecule has 1 aromatic rings. The minimum Gasteiger partial charge on any atom is -0.497 e. The van der Waals surface area contributed by atoms with Gasteiger partial charge in [0.15, 0.2) is 0 Å². The first kappa shape index (κ1) is 15.8. The molecule has 0 spiro atoms. The van der Waals surface area contributed by atoms with Crippen LogP contribution in [-0.4, -0.2) is 26.1 Å². The van der Waals surface area contributed by atoms with Gasteiger partial charge >= 0.3 is 0 Å². The van der Waals surface area contributed by atoms with Crippen molar-refractivity contribution < 1.29 is 9.53 Å². The summed E-state index contributed by atoms with van der Waals surface area (Å²) in [5.74, 6) is 1.65. The van der Waals surface area contributed by atoms with Crippen molar-refractivity contribution in [1.82, 2.24) is 5.32 Å². The summed E-state index contributed by atoms with van der Waals surface area (Å²) in [6.45, 7) is 1.31. The van der Waals surface area contributed by atoms with Gasteiger partial charge in [0.2, 0.25) is 5.91 Å². The molecule has 1 aliphatic rings. The molecular weight excluding hydrogens is 264 g/mol. The standard InChI is InChI=1S/C17H26N2O2/c1-21-16-9-7-15(8-10-16)19-17(20)13-18-12-11-14-5-3-2-4-6-14/h7-10,14,18H,2-6,11-13H2,1H3,(H,19,20). The largest absolute Gasteiger partial charge is 0.497 e. The van der Waals surface area contributed by atoms with E-state index in [2.05, 4.69) is 10.6 Å². The molecule has 4 heteroatoms. The van der Waals surface area contributed by atoms with E-state index in [4.69, 9.17) is 4.74 Å². The van der Waals surface area contributed by atoms with E-state index in [-0.39, 0.29) is 5.91 Å². The molecule has 116 valence electrons. The third kappa shape index (κ3) is 5.76. The van der Waals surface area contributed by atoms with E-state index in [1.54, 1.807) is 7.11 Å². The van der Waals surface area contributed by atoms with E-state index >= 15 is 0 Å². The zero-order valence-electron chi connectivity index (χ0n) is 12.9. The van der Waals surface area contributed by atoms with Crippen LogP contribution in [0.3, 0.4) is 0 Å². The number of carbonyl (C=O) groups excluding carboxylic acids is 1. The summed E-state index contributed by atoms with van der Waals surface area (Å²) in [6, 6.07) is 7.37. The number of amides is 1. The van der Waals surface area contributed by atoms with Crippen molar-refractivity contribution in [2.45, 2.75) is 38.5 Å². The van der Waals surface area contributed by atoms with Gasteiger partial charge in [0.1, 0.15) is 5.75 Å². The van der Waals surface area contributed by atoms with Gasteiger partial charge in [-0.2, -0.15) is 0 Å².